The van der Waals surface area contributed by atoms with Crippen molar-refractivity contribution in [2.24, 2.45) is 0 Å². The average molecular weight is 183 g/mol. The summed E-state index contributed by atoms with van der Waals surface area (Å²) in [5.41, 5.74) is 3.04. The van der Waals surface area contributed by atoms with Crippen LogP contribution in [0.25, 0.3) is 21.9 Å². The molecule has 2 heteroatoms. The SMILES string of the molecule is Cc1cccc2oc3cnccc3c12. The Hall–Kier alpha value is -1.83. The van der Waals surface area contributed by atoms with Crippen molar-refractivity contribution in [1.82, 2.24) is 4.98 Å². The zero-order valence-corrected chi connectivity index (χ0v) is 7.82. The largest absolute Gasteiger partial charge is 0.454 e. The van der Waals surface area contributed by atoms with Crippen molar-refractivity contribution in [1.29, 1.82) is 0 Å². The van der Waals surface area contributed by atoms with E-state index < -0.39 is 0 Å². The molecular weight excluding hydrogens is 174 g/mol. The Morgan fingerprint density at radius 3 is 3.00 bits per heavy atom. The van der Waals surface area contributed by atoms with Gasteiger partial charge >= 0.3 is 0 Å². The van der Waals surface area contributed by atoms with Gasteiger partial charge in [0.1, 0.15) is 5.58 Å². The second kappa shape index (κ2) is 2.58. The molecule has 0 atom stereocenters. The third-order valence-corrected chi connectivity index (χ3v) is 2.51. The molecular formula is C12H9NO. The van der Waals surface area contributed by atoms with Gasteiger partial charge in [0.05, 0.1) is 6.20 Å². The highest BCUT2D eigenvalue weighted by Crippen LogP contribution is 2.29. The summed E-state index contributed by atoms with van der Waals surface area (Å²) in [7, 11) is 0. The Kier molecular flexibility index (Phi) is 1.39. The van der Waals surface area contributed by atoms with Crippen LogP contribution in [0.15, 0.2) is 41.1 Å². The van der Waals surface area contributed by atoms with Crippen molar-refractivity contribution < 1.29 is 4.42 Å². The van der Waals surface area contributed by atoms with Crippen LogP contribution in [0, 0.1) is 6.92 Å². The summed E-state index contributed by atoms with van der Waals surface area (Å²) >= 11 is 0. The van der Waals surface area contributed by atoms with Gasteiger partial charge in [-0.1, -0.05) is 12.1 Å². The van der Waals surface area contributed by atoms with Gasteiger partial charge in [-0.2, -0.15) is 0 Å². The van der Waals surface area contributed by atoms with Gasteiger partial charge in [0.25, 0.3) is 0 Å². The highest BCUT2D eigenvalue weighted by atomic mass is 16.3. The fraction of sp³-hybridized carbons (Fsp3) is 0.0833. The molecule has 0 N–H and O–H groups in total. The predicted molar refractivity (Wildman–Crippen MR) is 56.3 cm³/mol. The van der Waals surface area contributed by atoms with Crippen LogP contribution in [0.1, 0.15) is 5.56 Å². The van der Waals surface area contributed by atoms with E-state index >= 15 is 0 Å². The first-order valence-corrected chi connectivity index (χ1v) is 4.58. The zero-order chi connectivity index (χ0) is 9.54. The summed E-state index contributed by atoms with van der Waals surface area (Å²) in [6, 6.07) is 8.09. The summed E-state index contributed by atoms with van der Waals surface area (Å²) < 4.78 is 5.67. The van der Waals surface area contributed by atoms with E-state index in [4.69, 9.17) is 4.42 Å². The van der Waals surface area contributed by atoms with E-state index in [0.717, 1.165) is 16.6 Å². The Morgan fingerprint density at radius 1 is 1.14 bits per heavy atom. The van der Waals surface area contributed by atoms with Crippen LogP contribution in [0.4, 0.5) is 0 Å². The van der Waals surface area contributed by atoms with Crippen LogP contribution >= 0.6 is 0 Å². The maximum atomic E-state index is 5.67. The smallest absolute Gasteiger partial charge is 0.153 e. The van der Waals surface area contributed by atoms with Crippen LogP contribution in [0.2, 0.25) is 0 Å². The quantitative estimate of drug-likeness (QED) is 0.534. The fourth-order valence-corrected chi connectivity index (χ4v) is 1.86. The average Bonchev–Trinajstić information content (AvgIpc) is 2.57. The summed E-state index contributed by atoms with van der Waals surface area (Å²) in [4.78, 5) is 4.04. The van der Waals surface area contributed by atoms with Crippen molar-refractivity contribution in [2.45, 2.75) is 6.92 Å². The van der Waals surface area contributed by atoms with Gasteiger partial charge < -0.3 is 4.42 Å². The normalized spacial score (nSPS) is 11.2. The molecule has 0 spiro atoms. The van der Waals surface area contributed by atoms with E-state index in [0.29, 0.717) is 0 Å². The molecule has 2 nitrogen and oxygen atoms in total. The van der Waals surface area contributed by atoms with E-state index in [9.17, 15) is 0 Å². The van der Waals surface area contributed by atoms with Crippen molar-refractivity contribution >= 4 is 21.9 Å². The van der Waals surface area contributed by atoms with E-state index in [1.54, 1.807) is 12.4 Å². The van der Waals surface area contributed by atoms with Crippen molar-refractivity contribution in [3.63, 3.8) is 0 Å². The van der Waals surface area contributed by atoms with Crippen molar-refractivity contribution in [3.8, 4) is 0 Å². The second-order valence-corrected chi connectivity index (χ2v) is 3.42. The highest BCUT2D eigenvalue weighted by Gasteiger charge is 2.07. The summed E-state index contributed by atoms with van der Waals surface area (Å²) in [6.45, 7) is 2.09. The lowest BCUT2D eigenvalue weighted by Gasteiger charge is -1.93. The number of hydrogen-bond donors (Lipinski definition) is 0. The molecule has 1 aromatic carbocycles. The summed E-state index contributed by atoms with van der Waals surface area (Å²) in [5, 5.41) is 2.35. The van der Waals surface area contributed by atoms with Crippen LogP contribution in [0.5, 0.6) is 0 Å². The molecule has 14 heavy (non-hydrogen) atoms. The fourth-order valence-electron chi connectivity index (χ4n) is 1.86. The van der Waals surface area contributed by atoms with Crippen LogP contribution < -0.4 is 0 Å². The maximum absolute atomic E-state index is 5.67. The number of aromatic nitrogens is 1. The van der Waals surface area contributed by atoms with Crippen molar-refractivity contribution in [2.75, 3.05) is 0 Å². The van der Waals surface area contributed by atoms with Gasteiger partial charge in [0.15, 0.2) is 5.58 Å². The molecule has 0 aliphatic heterocycles. The maximum Gasteiger partial charge on any atom is 0.153 e. The van der Waals surface area contributed by atoms with Crippen LogP contribution in [-0.4, -0.2) is 4.98 Å². The molecule has 0 aliphatic rings. The lowest BCUT2D eigenvalue weighted by atomic mass is 10.1. The molecule has 0 aliphatic carbocycles. The zero-order valence-electron chi connectivity index (χ0n) is 7.82. The van der Waals surface area contributed by atoms with E-state index in [1.165, 1.54) is 10.9 Å². The molecule has 2 heterocycles. The lowest BCUT2D eigenvalue weighted by molar-refractivity contribution is 0.667. The molecule has 0 unspecified atom stereocenters. The number of benzene rings is 1. The molecule has 0 fully saturated rings. The van der Waals surface area contributed by atoms with E-state index in [2.05, 4.69) is 18.0 Å². The second-order valence-electron chi connectivity index (χ2n) is 3.42. The number of aryl methyl sites for hydroxylation is 1. The third-order valence-electron chi connectivity index (χ3n) is 2.51. The van der Waals surface area contributed by atoms with Gasteiger partial charge in [-0.15, -0.1) is 0 Å². The van der Waals surface area contributed by atoms with E-state index in [1.807, 2.05) is 18.2 Å². The Labute approximate surface area is 81.2 Å². The first kappa shape index (κ1) is 7.56. The van der Waals surface area contributed by atoms with Crippen LogP contribution in [0.3, 0.4) is 0 Å². The number of nitrogens with zero attached hydrogens (tertiary/aromatic N) is 1. The monoisotopic (exact) mass is 183 g/mol. The highest BCUT2D eigenvalue weighted by molar-refractivity contribution is 6.06. The summed E-state index contributed by atoms with van der Waals surface area (Å²) in [6.07, 6.45) is 3.55. The van der Waals surface area contributed by atoms with Gasteiger partial charge in [0, 0.05) is 17.0 Å². The van der Waals surface area contributed by atoms with Gasteiger partial charge in [-0.05, 0) is 24.6 Å². The molecule has 0 bridgehead atoms. The Morgan fingerprint density at radius 2 is 2.07 bits per heavy atom. The number of furan rings is 1. The molecule has 0 saturated heterocycles. The van der Waals surface area contributed by atoms with Gasteiger partial charge in [-0.3, -0.25) is 4.98 Å². The first-order chi connectivity index (χ1) is 6.86. The first-order valence-electron chi connectivity index (χ1n) is 4.58. The van der Waals surface area contributed by atoms with Gasteiger partial charge in [-0.25, -0.2) is 0 Å². The van der Waals surface area contributed by atoms with Crippen LogP contribution in [-0.2, 0) is 0 Å². The van der Waals surface area contributed by atoms with E-state index in [-0.39, 0.29) is 0 Å². The Bertz CT molecular complexity index is 610. The predicted octanol–water partition coefficient (Wildman–Crippen LogP) is 3.29. The molecule has 0 radical (unpaired) electrons. The third kappa shape index (κ3) is 0.880. The van der Waals surface area contributed by atoms with Gasteiger partial charge in [0.2, 0.25) is 0 Å². The molecule has 3 rings (SSSR count). The number of fused-ring (bicyclic) bond motifs is 3. The molecule has 3 aromatic rings. The minimum Gasteiger partial charge on any atom is -0.454 e. The number of rotatable bonds is 0. The van der Waals surface area contributed by atoms with Crippen molar-refractivity contribution in [3.05, 3.63) is 42.2 Å². The molecule has 68 valence electrons. The number of hydrogen-bond acceptors (Lipinski definition) is 2. The molecule has 0 saturated carbocycles. The lowest BCUT2D eigenvalue weighted by Crippen LogP contribution is -1.73. The minimum absolute atomic E-state index is 0.858. The number of pyridine rings is 1. The molecule has 0 amide bonds. The summed E-state index contributed by atoms with van der Waals surface area (Å²) in [5.74, 6) is 0. The topological polar surface area (TPSA) is 26.0 Å². The minimum atomic E-state index is 0.858. The standard InChI is InChI=1S/C12H9NO/c1-8-3-2-4-10-12(8)9-5-6-13-7-11(9)14-10/h2-7H,1H3. The molecule has 2 aromatic heterocycles. The Balaban J connectivity index is 2.65.